The van der Waals surface area contributed by atoms with Crippen LogP contribution < -0.4 is 5.73 Å². The van der Waals surface area contributed by atoms with Gasteiger partial charge in [0, 0.05) is 24.1 Å². The number of halogens is 2. The zero-order valence-electron chi connectivity index (χ0n) is 8.64. The Morgan fingerprint density at radius 3 is 2.13 bits per heavy atom. The van der Waals surface area contributed by atoms with Crippen LogP contribution in [-0.2, 0) is 0 Å². The Morgan fingerprint density at radius 2 is 1.67 bits per heavy atom. The van der Waals surface area contributed by atoms with Crippen molar-refractivity contribution in [2.75, 3.05) is 11.5 Å². The highest BCUT2D eigenvalue weighted by molar-refractivity contribution is 7.99. The van der Waals surface area contributed by atoms with E-state index in [9.17, 15) is 13.9 Å². The Hall–Kier alpha value is 0.130. The summed E-state index contributed by atoms with van der Waals surface area (Å²) >= 11 is 1.66. The van der Waals surface area contributed by atoms with E-state index in [4.69, 9.17) is 5.73 Å². The average molecular weight is 237 g/mol. The van der Waals surface area contributed by atoms with Crippen molar-refractivity contribution in [1.29, 1.82) is 0 Å². The predicted octanol–water partition coefficient (Wildman–Crippen LogP) is 1.76. The lowest BCUT2D eigenvalue weighted by molar-refractivity contribution is -0.0968. The molecule has 1 saturated carbocycles. The SMILES string of the molecule is NC1(C2(O)CCSC2)CCC(F)(F)CC1. The highest BCUT2D eigenvalue weighted by Gasteiger charge is 2.53. The Morgan fingerprint density at radius 1 is 1.07 bits per heavy atom. The van der Waals surface area contributed by atoms with Crippen molar-refractivity contribution < 1.29 is 13.9 Å². The topological polar surface area (TPSA) is 46.2 Å². The summed E-state index contributed by atoms with van der Waals surface area (Å²) in [5, 5.41) is 10.4. The molecule has 5 heteroatoms. The van der Waals surface area contributed by atoms with Gasteiger partial charge in [-0.2, -0.15) is 11.8 Å². The van der Waals surface area contributed by atoms with Gasteiger partial charge >= 0.3 is 0 Å². The van der Waals surface area contributed by atoms with Gasteiger partial charge in [-0.1, -0.05) is 0 Å². The molecule has 0 bridgehead atoms. The fourth-order valence-electron chi connectivity index (χ4n) is 2.47. The lowest BCUT2D eigenvalue weighted by atomic mass is 9.69. The second kappa shape index (κ2) is 3.57. The molecule has 1 atom stereocenters. The maximum Gasteiger partial charge on any atom is 0.248 e. The van der Waals surface area contributed by atoms with Gasteiger partial charge in [-0.3, -0.25) is 0 Å². The number of alkyl halides is 2. The Labute approximate surface area is 92.6 Å². The first-order chi connectivity index (χ1) is 6.87. The van der Waals surface area contributed by atoms with Gasteiger partial charge in [-0.05, 0) is 25.0 Å². The summed E-state index contributed by atoms with van der Waals surface area (Å²) in [6.45, 7) is 0. The minimum absolute atomic E-state index is 0.184. The molecule has 0 aromatic rings. The quantitative estimate of drug-likeness (QED) is 0.730. The van der Waals surface area contributed by atoms with E-state index in [0.717, 1.165) is 5.75 Å². The van der Waals surface area contributed by atoms with Gasteiger partial charge in [0.05, 0.1) is 5.60 Å². The van der Waals surface area contributed by atoms with E-state index < -0.39 is 17.1 Å². The van der Waals surface area contributed by atoms with Gasteiger partial charge in [-0.15, -0.1) is 0 Å². The fraction of sp³-hybridized carbons (Fsp3) is 1.00. The van der Waals surface area contributed by atoms with Gasteiger partial charge in [0.2, 0.25) is 5.92 Å². The molecule has 2 nitrogen and oxygen atoms in total. The highest BCUT2D eigenvalue weighted by Crippen LogP contribution is 2.46. The molecule has 0 aromatic heterocycles. The molecular weight excluding hydrogens is 220 g/mol. The molecule has 0 aromatic carbocycles. The number of thioether (sulfide) groups is 1. The molecule has 1 saturated heterocycles. The van der Waals surface area contributed by atoms with Crippen LogP contribution in [0, 0.1) is 0 Å². The van der Waals surface area contributed by atoms with Crippen molar-refractivity contribution in [1.82, 2.24) is 0 Å². The number of hydrogen-bond donors (Lipinski definition) is 2. The minimum atomic E-state index is -2.58. The predicted molar refractivity (Wildman–Crippen MR) is 57.2 cm³/mol. The molecular formula is C10H17F2NOS. The summed E-state index contributed by atoms with van der Waals surface area (Å²) in [5.74, 6) is -1.11. The summed E-state index contributed by atoms with van der Waals surface area (Å²) in [4.78, 5) is 0. The Balaban J connectivity index is 2.08. The van der Waals surface area contributed by atoms with Crippen molar-refractivity contribution in [3.8, 4) is 0 Å². The summed E-state index contributed by atoms with van der Waals surface area (Å²) < 4.78 is 26.0. The average Bonchev–Trinajstić information content (AvgIpc) is 2.60. The summed E-state index contributed by atoms with van der Waals surface area (Å²) in [6, 6.07) is 0. The van der Waals surface area contributed by atoms with E-state index in [1.165, 1.54) is 0 Å². The second-order valence-electron chi connectivity index (χ2n) is 4.85. The monoisotopic (exact) mass is 237 g/mol. The van der Waals surface area contributed by atoms with Gasteiger partial charge in [0.1, 0.15) is 0 Å². The van der Waals surface area contributed by atoms with Crippen LogP contribution >= 0.6 is 11.8 Å². The van der Waals surface area contributed by atoms with Crippen LogP contribution in [0.1, 0.15) is 32.1 Å². The lowest BCUT2D eigenvalue weighted by Crippen LogP contribution is -2.63. The largest absolute Gasteiger partial charge is 0.387 e. The first-order valence-electron chi connectivity index (χ1n) is 5.34. The molecule has 88 valence electrons. The molecule has 1 heterocycles. The zero-order valence-corrected chi connectivity index (χ0v) is 9.45. The third-order valence-electron chi connectivity index (χ3n) is 3.80. The maximum atomic E-state index is 13.0. The fourth-order valence-corrected chi connectivity index (χ4v) is 3.87. The molecule has 3 N–H and O–H groups in total. The lowest BCUT2D eigenvalue weighted by Gasteiger charge is -2.46. The van der Waals surface area contributed by atoms with E-state index in [1.807, 2.05) is 0 Å². The normalized spacial score (nSPS) is 39.2. The first-order valence-corrected chi connectivity index (χ1v) is 6.49. The molecule has 0 spiro atoms. The van der Waals surface area contributed by atoms with Crippen LogP contribution in [0.15, 0.2) is 0 Å². The number of aliphatic hydroxyl groups is 1. The standard InChI is InChI=1S/C10H17F2NOS/c11-10(12)3-1-8(13,2-4-10)9(14)5-6-15-7-9/h14H,1-7,13H2. The number of hydrogen-bond acceptors (Lipinski definition) is 3. The number of rotatable bonds is 1. The number of nitrogens with two attached hydrogens (primary N) is 1. The maximum absolute atomic E-state index is 13.0. The van der Waals surface area contributed by atoms with Crippen molar-refractivity contribution in [2.24, 2.45) is 5.73 Å². The molecule has 2 fully saturated rings. The van der Waals surface area contributed by atoms with Crippen LogP contribution in [0.4, 0.5) is 8.78 Å². The van der Waals surface area contributed by atoms with E-state index in [1.54, 1.807) is 11.8 Å². The van der Waals surface area contributed by atoms with Crippen molar-refractivity contribution in [2.45, 2.75) is 49.2 Å². The van der Waals surface area contributed by atoms with Crippen LogP contribution in [0.5, 0.6) is 0 Å². The molecule has 2 rings (SSSR count). The van der Waals surface area contributed by atoms with E-state index in [0.29, 0.717) is 12.2 Å². The van der Waals surface area contributed by atoms with Gasteiger partial charge in [0.15, 0.2) is 0 Å². The molecule has 1 unspecified atom stereocenters. The second-order valence-corrected chi connectivity index (χ2v) is 5.95. The van der Waals surface area contributed by atoms with Crippen molar-refractivity contribution in [3.63, 3.8) is 0 Å². The van der Waals surface area contributed by atoms with Crippen LogP contribution in [0.25, 0.3) is 0 Å². The minimum Gasteiger partial charge on any atom is -0.387 e. The zero-order chi connectivity index (χ0) is 11.2. The Kier molecular flexibility index (Phi) is 2.76. The van der Waals surface area contributed by atoms with Crippen molar-refractivity contribution in [3.05, 3.63) is 0 Å². The van der Waals surface area contributed by atoms with Gasteiger partial charge in [0.25, 0.3) is 0 Å². The summed E-state index contributed by atoms with van der Waals surface area (Å²) in [7, 11) is 0. The molecule has 1 aliphatic heterocycles. The third-order valence-corrected chi connectivity index (χ3v) is 4.98. The molecule has 0 radical (unpaired) electrons. The van der Waals surface area contributed by atoms with E-state index in [2.05, 4.69) is 0 Å². The molecule has 2 aliphatic rings. The smallest absolute Gasteiger partial charge is 0.248 e. The molecule has 15 heavy (non-hydrogen) atoms. The van der Waals surface area contributed by atoms with E-state index >= 15 is 0 Å². The molecule has 0 amide bonds. The summed E-state index contributed by atoms with van der Waals surface area (Å²) in [5.41, 5.74) is 4.41. The Bertz CT molecular complexity index is 244. The third kappa shape index (κ3) is 2.01. The van der Waals surface area contributed by atoms with Crippen molar-refractivity contribution >= 4 is 11.8 Å². The summed E-state index contributed by atoms with van der Waals surface area (Å²) in [6.07, 6.45) is 0.737. The van der Waals surface area contributed by atoms with Crippen LogP contribution in [-0.4, -0.2) is 33.7 Å². The first kappa shape index (κ1) is 11.6. The van der Waals surface area contributed by atoms with E-state index in [-0.39, 0.29) is 25.7 Å². The molecule has 1 aliphatic carbocycles. The van der Waals surface area contributed by atoms with Crippen LogP contribution in [0.3, 0.4) is 0 Å². The highest BCUT2D eigenvalue weighted by atomic mass is 32.2. The van der Waals surface area contributed by atoms with Crippen LogP contribution in [0.2, 0.25) is 0 Å². The van der Waals surface area contributed by atoms with Gasteiger partial charge < -0.3 is 10.8 Å². The van der Waals surface area contributed by atoms with Gasteiger partial charge in [-0.25, -0.2) is 8.78 Å².